The third kappa shape index (κ3) is 2.40. The Hall–Kier alpha value is -1.19. The van der Waals surface area contributed by atoms with E-state index in [1.807, 2.05) is 26.0 Å². The van der Waals surface area contributed by atoms with E-state index in [-0.39, 0.29) is 0 Å². The number of aliphatic hydroxyl groups excluding tert-OH is 1. The van der Waals surface area contributed by atoms with Crippen LogP contribution in [0.25, 0.3) is 0 Å². The highest BCUT2D eigenvalue weighted by Gasteiger charge is 2.09. The number of nitrogens with one attached hydrogen (secondary N) is 2. The molecule has 0 bridgehead atoms. The number of hydrogen-bond donors (Lipinski definition) is 3. The van der Waals surface area contributed by atoms with Crippen molar-refractivity contribution >= 4 is 5.71 Å². The molecule has 0 aromatic heterocycles. The van der Waals surface area contributed by atoms with Gasteiger partial charge in [0.25, 0.3) is 0 Å². The predicted octanol–water partition coefficient (Wildman–Crippen LogP) is 1.38. The van der Waals surface area contributed by atoms with Crippen LogP contribution in [-0.2, 0) is 0 Å². The molecule has 3 N–H and O–H groups in total. The zero-order valence-corrected chi connectivity index (χ0v) is 8.76. The van der Waals surface area contributed by atoms with Gasteiger partial charge in [0.05, 0.1) is 5.71 Å². The average Bonchev–Trinajstić information content (AvgIpc) is 2.14. The topological polar surface area (TPSA) is 56.1 Å². The molecule has 0 amide bonds. The molecule has 0 saturated heterocycles. The molecule has 1 atom stereocenters. The highest BCUT2D eigenvalue weighted by Crippen LogP contribution is 2.19. The van der Waals surface area contributed by atoms with Gasteiger partial charge >= 0.3 is 0 Å². The second-order valence-corrected chi connectivity index (χ2v) is 3.42. The summed E-state index contributed by atoms with van der Waals surface area (Å²) >= 11 is 0. The number of rotatable bonds is 2. The lowest BCUT2D eigenvalue weighted by atomic mass is 9.95. The summed E-state index contributed by atoms with van der Waals surface area (Å²) in [7, 11) is 1.67. The van der Waals surface area contributed by atoms with Crippen LogP contribution in [-0.4, -0.2) is 24.1 Å². The molecule has 0 fully saturated rings. The van der Waals surface area contributed by atoms with E-state index in [9.17, 15) is 5.11 Å². The minimum atomic E-state index is -0.693. The standard InChI is InChI=1S/C11H16N2O/c1-7-4-9(6-11(14)13-3)10(12)5-8(7)2/h4-6,11-14H,1-3H3/b9-6+,12-10?. The highest BCUT2D eigenvalue weighted by molar-refractivity contribution is 6.10. The lowest BCUT2D eigenvalue weighted by Gasteiger charge is -2.13. The molecule has 3 nitrogen and oxygen atoms in total. The van der Waals surface area contributed by atoms with Crippen molar-refractivity contribution in [1.29, 1.82) is 5.41 Å². The van der Waals surface area contributed by atoms with Gasteiger partial charge in [-0.25, -0.2) is 0 Å². The van der Waals surface area contributed by atoms with Crippen LogP contribution in [0.3, 0.4) is 0 Å². The molecule has 0 aliphatic heterocycles. The molecule has 76 valence electrons. The molecule has 0 saturated carbocycles. The maximum Gasteiger partial charge on any atom is 0.124 e. The Morgan fingerprint density at radius 1 is 1.36 bits per heavy atom. The lowest BCUT2D eigenvalue weighted by Crippen LogP contribution is -2.23. The van der Waals surface area contributed by atoms with E-state index in [4.69, 9.17) is 5.41 Å². The van der Waals surface area contributed by atoms with Crippen LogP contribution in [0.5, 0.6) is 0 Å². The highest BCUT2D eigenvalue weighted by atomic mass is 16.3. The van der Waals surface area contributed by atoms with E-state index in [0.717, 1.165) is 16.7 Å². The van der Waals surface area contributed by atoms with Gasteiger partial charge in [0.15, 0.2) is 0 Å². The number of allylic oxidation sites excluding steroid dienone is 5. The molecule has 1 unspecified atom stereocenters. The largest absolute Gasteiger partial charge is 0.375 e. The number of hydrogen-bond acceptors (Lipinski definition) is 3. The Balaban J connectivity index is 2.94. The second-order valence-electron chi connectivity index (χ2n) is 3.42. The van der Waals surface area contributed by atoms with E-state index < -0.39 is 6.23 Å². The Bertz CT molecular complexity index is 337. The molecule has 0 aromatic rings. The van der Waals surface area contributed by atoms with Crippen LogP contribution in [0.1, 0.15) is 13.8 Å². The molecular formula is C11H16N2O. The van der Waals surface area contributed by atoms with Gasteiger partial charge in [0.2, 0.25) is 0 Å². The molecule has 14 heavy (non-hydrogen) atoms. The predicted molar refractivity (Wildman–Crippen MR) is 58.4 cm³/mol. The Kier molecular flexibility index (Phi) is 3.38. The molecule has 0 heterocycles. The van der Waals surface area contributed by atoms with E-state index in [1.165, 1.54) is 0 Å². The minimum absolute atomic E-state index is 0.447. The Morgan fingerprint density at radius 2 is 1.93 bits per heavy atom. The van der Waals surface area contributed by atoms with Crippen molar-refractivity contribution in [3.05, 3.63) is 34.9 Å². The van der Waals surface area contributed by atoms with Crippen molar-refractivity contribution in [2.24, 2.45) is 0 Å². The van der Waals surface area contributed by atoms with E-state index in [0.29, 0.717) is 5.71 Å². The fourth-order valence-corrected chi connectivity index (χ4v) is 1.23. The van der Waals surface area contributed by atoms with Crippen LogP contribution in [0, 0.1) is 5.41 Å². The monoisotopic (exact) mass is 192 g/mol. The van der Waals surface area contributed by atoms with Crippen molar-refractivity contribution in [3.63, 3.8) is 0 Å². The molecule has 0 spiro atoms. The summed E-state index contributed by atoms with van der Waals surface area (Å²) in [5.41, 5.74) is 3.44. The van der Waals surface area contributed by atoms with Gasteiger partial charge in [-0.1, -0.05) is 0 Å². The van der Waals surface area contributed by atoms with Crippen LogP contribution < -0.4 is 5.32 Å². The van der Waals surface area contributed by atoms with Crippen LogP contribution >= 0.6 is 0 Å². The zero-order valence-electron chi connectivity index (χ0n) is 8.76. The first-order valence-corrected chi connectivity index (χ1v) is 4.57. The van der Waals surface area contributed by atoms with E-state index >= 15 is 0 Å². The van der Waals surface area contributed by atoms with E-state index in [2.05, 4.69) is 5.32 Å². The van der Waals surface area contributed by atoms with Crippen LogP contribution in [0.4, 0.5) is 0 Å². The quantitative estimate of drug-likeness (QED) is 0.579. The first kappa shape index (κ1) is 10.9. The van der Waals surface area contributed by atoms with Crippen molar-refractivity contribution in [3.8, 4) is 0 Å². The number of likely N-dealkylation sites (N-methyl/N-ethyl adjacent to an activating group) is 1. The average molecular weight is 192 g/mol. The molecular weight excluding hydrogens is 176 g/mol. The van der Waals surface area contributed by atoms with Gasteiger partial charge in [-0.3, -0.25) is 5.32 Å². The Labute approximate surface area is 84.3 Å². The maximum absolute atomic E-state index is 9.35. The molecule has 0 aromatic carbocycles. The summed E-state index contributed by atoms with van der Waals surface area (Å²) in [5, 5.41) is 19.7. The molecule has 1 aliphatic carbocycles. The minimum Gasteiger partial charge on any atom is -0.375 e. The van der Waals surface area contributed by atoms with Gasteiger partial charge in [-0.05, 0) is 55.8 Å². The van der Waals surface area contributed by atoms with Crippen LogP contribution in [0.15, 0.2) is 34.9 Å². The lowest BCUT2D eigenvalue weighted by molar-refractivity contribution is 0.195. The van der Waals surface area contributed by atoms with Gasteiger partial charge in [-0.2, -0.15) is 0 Å². The summed E-state index contributed by atoms with van der Waals surface area (Å²) in [6, 6.07) is 0. The summed E-state index contributed by atoms with van der Waals surface area (Å²) in [6.07, 6.45) is 4.66. The third-order valence-electron chi connectivity index (χ3n) is 2.30. The fourth-order valence-electron chi connectivity index (χ4n) is 1.23. The Morgan fingerprint density at radius 3 is 2.50 bits per heavy atom. The first-order valence-electron chi connectivity index (χ1n) is 4.57. The van der Waals surface area contributed by atoms with Gasteiger partial charge < -0.3 is 10.5 Å². The smallest absolute Gasteiger partial charge is 0.124 e. The van der Waals surface area contributed by atoms with Crippen molar-refractivity contribution in [2.45, 2.75) is 20.1 Å². The van der Waals surface area contributed by atoms with Crippen molar-refractivity contribution < 1.29 is 5.11 Å². The van der Waals surface area contributed by atoms with Gasteiger partial charge in [0.1, 0.15) is 6.23 Å². The summed E-state index contributed by atoms with van der Waals surface area (Å²) in [4.78, 5) is 0. The maximum atomic E-state index is 9.35. The van der Waals surface area contributed by atoms with E-state index in [1.54, 1.807) is 13.1 Å². The summed E-state index contributed by atoms with van der Waals surface area (Å²) in [5.74, 6) is 0. The zero-order chi connectivity index (χ0) is 10.7. The second kappa shape index (κ2) is 4.35. The molecule has 3 heteroatoms. The molecule has 1 aliphatic rings. The van der Waals surface area contributed by atoms with Gasteiger partial charge in [0, 0.05) is 0 Å². The van der Waals surface area contributed by atoms with Crippen molar-refractivity contribution in [1.82, 2.24) is 5.32 Å². The summed E-state index contributed by atoms with van der Waals surface area (Å²) in [6.45, 7) is 3.98. The number of aliphatic hydroxyl groups is 1. The molecule has 0 radical (unpaired) electrons. The third-order valence-corrected chi connectivity index (χ3v) is 2.30. The fraction of sp³-hybridized carbons (Fsp3) is 0.364. The van der Waals surface area contributed by atoms with Gasteiger partial charge in [-0.15, -0.1) is 0 Å². The molecule has 1 rings (SSSR count). The van der Waals surface area contributed by atoms with Crippen molar-refractivity contribution in [2.75, 3.05) is 7.05 Å². The normalized spacial score (nSPS) is 22.0. The summed E-state index contributed by atoms with van der Waals surface area (Å²) < 4.78 is 0. The van der Waals surface area contributed by atoms with Crippen LogP contribution in [0.2, 0.25) is 0 Å². The SMILES string of the molecule is CNC(O)/C=C1\C=C(C)C(C)=CC1=N. The first-order chi connectivity index (χ1) is 6.54.